The smallest absolute Gasteiger partial charge is 0.264 e. The first-order chi connectivity index (χ1) is 37.5. The third kappa shape index (κ3) is 11.8. The van der Waals surface area contributed by atoms with Crippen molar-refractivity contribution in [3.63, 3.8) is 0 Å². The summed E-state index contributed by atoms with van der Waals surface area (Å²) in [4.78, 5) is 30.8. The van der Waals surface area contributed by atoms with Crippen LogP contribution in [0.1, 0.15) is 146 Å². The first-order valence-corrected chi connectivity index (χ1v) is 32.6. The van der Waals surface area contributed by atoms with Crippen LogP contribution >= 0.6 is 23.2 Å². The molecule has 14 nitrogen and oxygen atoms in total. The molecular formula is C60H74Cl2N4O10S2. The summed E-state index contributed by atoms with van der Waals surface area (Å²) in [6.07, 6.45) is 14.6. The molecule has 0 saturated heterocycles. The predicted octanol–water partition coefficient (Wildman–Crippen LogP) is 9.67. The second-order valence-electron chi connectivity index (χ2n) is 23.9. The average molecular weight is 1150 g/mol. The Morgan fingerprint density at radius 3 is 1.37 bits per heavy atom. The fraction of sp³-hybridized carbons (Fsp3) is 0.567. The van der Waals surface area contributed by atoms with Crippen molar-refractivity contribution in [1.29, 1.82) is 0 Å². The monoisotopic (exact) mass is 1140 g/mol. The quantitative estimate of drug-likeness (QED) is 0.131. The van der Waals surface area contributed by atoms with E-state index < -0.39 is 31.9 Å². The Labute approximate surface area is 470 Å². The summed E-state index contributed by atoms with van der Waals surface area (Å²) in [6.45, 7) is 3.98. The van der Waals surface area contributed by atoms with E-state index in [4.69, 9.17) is 32.7 Å². The van der Waals surface area contributed by atoms with Gasteiger partial charge < -0.3 is 29.5 Å². The minimum Gasteiger partial charge on any atom is -0.490 e. The van der Waals surface area contributed by atoms with Crippen molar-refractivity contribution in [2.24, 2.45) is 23.7 Å². The summed E-state index contributed by atoms with van der Waals surface area (Å²) in [6, 6.07) is 22.8. The third-order valence-electron chi connectivity index (χ3n) is 18.8. The Hall–Kier alpha value is -4.58. The number of benzene rings is 4. The van der Waals surface area contributed by atoms with Gasteiger partial charge in [0.25, 0.3) is 11.8 Å². The molecule has 2 saturated carbocycles. The number of anilines is 2. The van der Waals surface area contributed by atoms with Crippen LogP contribution in [0.15, 0.2) is 72.8 Å². The summed E-state index contributed by atoms with van der Waals surface area (Å²) < 4.78 is 67.9. The van der Waals surface area contributed by atoms with Gasteiger partial charge in [-0.2, -0.15) is 0 Å². The highest BCUT2D eigenvalue weighted by Gasteiger charge is 2.47. The second-order valence-corrected chi connectivity index (χ2v) is 28.5. The Morgan fingerprint density at radius 2 is 0.962 bits per heavy atom. The zero-order valence-corrected chi connectivity index (χ0v) is 47.5. The summed E-state index contributed by atoms with van der Waals surface area (Å²) in [5.41, 5.74) is 6.82. The fourth-order valence-electron chi connectivity index (χ4n) is 14.3. The molecule has 4 N–H and O–H groups in total. The lowest BCUT2D eigenvalue weighted by molar-refractivity contribution is 0.00891. The zero-order chi connectivity index (χ0) is 54.4. The van der Waals surface area contributed by atoms with Crippen LogP contribution < -0.4 is 28.7 Å². The topological polar surface area (TPSA) is 192 Å². The molecule has 2 fully saturated rings. The molecule has 12 rings (SSSR count). The number of carbonyl (C=O) groups excluding carboxylic acids is 2. The number of ether oxygens (including phenoxy) is 2. The van der Waals surface area contributed by atoms with Crippen molar-refractivity contribution in [1.82, 2.24) is 9.44 Å². The zero-order valence-electron chi connectivity index (χ0n) is 44.4. The molecule has 4 aromatic rings. The van der Waals surface area contributed by atoms with Gasteiger partial charge in [-0.15, -0.1) is 0 Å². The van der Waals surface area contributed by atoms with Gasteiger partial charge in [-0.1, -0.05) is 61.0 Å². The Balaban J connectivity index is 0.000000165. The molecule has 4 aliphatic heterocycles. The SMILES string of the molecule is O=C1NS(=O)(=O)CCCCC[C@@H](O)[C@@H]2CC[C@H]2CN2C[C@@]3(CCCc4cc(Cl)ccc43)COc3ccc1cc32.O=C1NS(=O)(=O)CCCCC[C@H](O)[C@@H]2CC[C@H]2CN2C[C@@]3(CCCc4cc(Cl)ccc43)COc3ccc1cc32. The van der Waals surface area contributed by atoms with E-state index in [0.717, 1.165) is 125 Å². The summed E-state index contributed by atoms with van der Waals surface area (Å²) in [5.74, 6) is 1.12. The van der Waals surface area contributed by atoms with E-state index >= 15 is 0 Å². The van der Waals surface area contributed by atoms with Crippen LogP contribution in [-0.4, -0.2) is 102 Å². The molecule has 18 heteroatoms. The highest BCUT2D eigenvalue weighted by molar-refractivity contribution is 7.90. The maximum atomic E-state index is 13.1. The van der Waals surface area contributed by atoms with Crippen molar-refractivity contribution < 1.29 is 46.1 Å². The molecule has 0 unspecified atom stereocenters. The number of nitrogens with one attached hydrogen (secondary N) is 2. The molecule has 4 aromatic carbocycles. The number of rotatable bonds is 0. The molecule has 4 heterocycles. The second kappa shape index (κ2) is 22.8. The lowest BCUT2D eigenvalue weighted by atomic mass is 9.68. The molecule has 4 bridgehead atoms. The van der Waals surface area contributed by atoms with E-state index in [-0.39, 0.29) is 46.4 Å². The minimum atomic E-state index is -3.75. The summed E-state index contributed by atoms with van der Waals surface area (Å²) >= 11 is 12.7. The average Bonchev–Trinajstić information content (AvgIpc) is 3.82. The summed E-state index contributed by atoms with van der Waals surface area (Å²) in [5, 5.41) is 23.6. The number of aliphatic hydroxyl groups excluding tert-OH is 2. The largest absolute Gasteiger partial charge is 0.490 e. The van der Waals surface area contributed by atoms with E-state index in [1.807, 2.05) is 12.1 Å². The number of carbonyl (C=O) groups is 2. The van der Waals surface area contributed by atoms with Gasteiger partial charge in [-0.05, 0) is 196 Å². The Kier molecular flexibility index (Phi) is 16.1. The van der Waals surface area contributed by atoms with Crippen LogP contribution in [0.4, 0.5) is 11.4 Å². The molecule has 2 spiro atoms. The molecule has 8 atom stereocenters. The van der Waals surface area contributed by atoms with Crippen LogP contribution in [0.3, 0.4) is 0 Å². The van der Waals surface area contributed by atoms with Gasteiger partial charge >= 0.3 is 0 Å². The number of hydrogen-bond donors (Lipinski definition) is 4. The minimum absolute atomic E-state index is 0.104. The number of aryl methyl sites for hydroxylation is 2. The van der Waals surface area contributed by atoms with E-state index in [1.54, 1.807) is 36.4 Å². The van der Waals surface area contributed by atoms with Crippen molar-refractivity contribution in [2.75, 3.05) is 60.7 Å². The predicted molar refractivity (Wildman–Crippen MR) is 304 cm³/mol. The van der Waals surface area contributed by atoms with E-state index in [2.05, 4.69) is 43.5 Å². The Morgan fingerprint density at radius 1 is 0.526 bits per heavy atom. The van der Waals surface area contributed by atoms with Gasteiger partial charge in [0.05, 0.1) is 48.3 Å². The summed E-state index contributed by atoms with van der Waals surface area (Å²) in [7, 11) is -7.50. The molecule has 2 amide bonds. The maximum Gasteiger partial charge on any atom is 0.264 e. The Bertz CT molecular complexity index is 2940. The van der Waals surface area contributed by atoms with E-state index in [9.17, 15) is 36.6 Å². The standard InChI is InChI=1S/2C30H37ClN2O5S/c2*31-23-9-11-25-20(15-23)5-4-13-30(25)18-33-17-22-7-10-24(22)27(34)6-2-1-3-14-39(36,37)32-29(35)21-8-12-28(38-19-30)26(33)16-21/h2*8-9,11-12,15-16,22,24,27,34H,1-7,10,13-14,17-19H2,(H,32,35)/t22-,24+,27+,30-;22-,24+,27-,30-/m00/s1. The van der Waals surface area contributed by atoms with Gasteiger partial charge in [0.1, 0.15) is 11.5 Å². The van der Waals surface area contributed by atoms with Crippen LogP contribution in [0.2, 0.25) is 10.0 Å². The van der Waals surface area contributed by atoms with Gasteiger partial charge in [0.2, 0.25) is 20.0 Å². The molecule has 420 valence electrons. The molecule has 8 aliphatic rings. The van der Waals surface area contributed by atoms with Crippen molar-refractivity contribution in [2.45, 2.75) is 139 Å². The molecule has 4 aliphatic carbocycles. The number of halogens is 2. The number of aliphatic hydroxyl groups is 2. The molecular weight excluding hydrogens is 1070 g/mol. The molecule has 78 heavy (non-hydrogen) atoms. The van der Waals surface area contributed by atoms with E-state index in [1.165, 1.54) is 22.3 Å². The van der Waals surface area contributed by atoms with Crippen LogP contribution in [0.5, 0.6) is 11.5 Å². The van der Waals surface area contributed by atoms with Gasteiger partial charge in [0.15, 0.2) is 0 Å². The van der Waals surface area contributed by atoms with Crippen LogP contribution in [-0.2, 0) is 43.7 Å². The normalized spacial score (nSPS) is 30.7. The number of amides is 2. The van der Waals surface area contributed by atoms with Crippen molar-refractivity contribution >= 4 is 66.4 Å². The van der Waals surface area contributed by atoms with Gasteiger partial charge in [-0.25, -0.2) is 26.3 Å². The molecule has 0 radical (unpaired) electrons. The molecule has 0 aromatic heterocycles. The van der Waals surface area contributed by atoms with Crippen molar-refractivity contribution in [3.05, 3.63) is 116 Å². The van der Waals surface area contributed by atoms with E-state index in [0.29, 0.717) is 86.2 Å². The first-order valence-electron chi connectivity index (χ1n) is 28.5. The highest BCUT2D eigenvalue weighted by atomic mass is 35.5. The maximum absolute atomic E-state index is 13.1. The highest BCUT2D eigenvalue weighted by Crippen LogP contribution is 2.49. The number of fused-ring (bicyclic) bond motifs is 8. The fourth-order valence-corrected chi connectivity index (χ4v) is 16.9. The lowest BCUT2D eigenvalue weighted by Crippen LogP contribution is -2.49. The number of nitrogens with zero attached hydrogens (tertiary/aromatic N) is 2. The van der Waals surface area contributed by atoms with Crippen molar-refractivity contribution in [3.8, 4) is 11.5 Å². The number of hydrogen-bond acceptors (Lipinski definition) is 12. The van der Waals surface area contributed by atoms with Gasteiger partial charge in [-0.3, -0.25) is 9.59 Å². The third-order valence-corrected chi connectivity index (χ3v) is 21.9. The lowest BCUT2D eigenvalue weighted by Gasteiger charge is -2.45. The number of sulfonamides is 2. The van der Waals surface area contributed by atoms with Gasteiger partial charge in [0, 0.05) is 58.2 Å². The first kappa shape index (κ1) is 55.3. The van der Waals surface area contributed by atoms with Crippen LogP contribution in [0.25, 0.3) is 0 Å². The van der Waals surface area contributed by atoms with Crippen LogP contribution in [0, 0.1) is 23.7 Å².